The Kier molecular flexibility index (Phi) is 4.66. The molecule has 0 saturated carbocycles. The normalized spacial score (nSPS) is 12.9. The van der Waals surface area contributed by atoms with E-state index < -0.39 is 6.10 Å². The lowest BCUT2D eigenvalue weighted by Crippen LogP contribution is -2.03. The van der Waals surface area contributed by atoms with Crippen molar-refractivity contribution in [2.75, 3.05) is 0 Å². The predicted molar refractivity (Wildman–Crippen MR) is 78.5 cm³/mol. The van der Waals surface area contributed by atoms with Crippen LogP contribution in [0.3, 0.4) is 0 Å². The van der Waals surface area contributed by atoms with E-state index in [-0.39, 0.29) is 0 Å². The third kappa shape index (κ3) is 3.39. The minimum absolute atomic E-state index is 0.500. The molecule has 2 rings (SSSR count). The van der Waals surface area contributed by atoms with E-state index in [2.05, 4.69) is 47.7 Å². The molecule has 0 amide bonds. The average molecular weight is 276 g/mol. The molecule has 2 aromatic rings. The number of nitrogens with zero attached hydrogens (tertiary/aromatic N) is 2. The van der Waals surface area contributed by atoms with Crippen LogP contribution in [-0.4, -0.2) is 14.7 Å². The molecule has 19 heavy (non-hydrogen) atoms. The summed E-state index contributed by atoms with van der Waals surface area (Å²) in [6, 6.07) is 8.47. The Bertz CT molecular complexity index is 519. The molecule has 1 atom stereocenters. The highest BCUT2D eigenvalue weighted by Gasteiger charge is 2.16. The molecule has 4 heteroatoms. The summed E-state index contributed by atoms with van der Waals surface area (Å²) in [5.41, 5.74) is 3.38. The Morgan fingerprint density at radius 1 is 1.21 bits per heavy atom. The van der Waals surface area contributed by atoms with Crippen LogP contribution in [0.4, 0.5) is 0 Å². The first-order chi connectivity index (χ1) is 9.11. The van der Waals surface area contributed by atoms with Gasteiger partial charge in [-0.25, -0.2) is 0 Å². The highest BCUT2D eigenvalue weighted by molar-refractivity contribution is 7.05. The van der Waals surface area contributed by atoms with E-state index in [9.17, 15) is 5.11 Å². The fourth-order valence-electron chi connectivity index (χ4n) is 2.07. The Hall–Kier alpha value is -1.26. The van der Waals surface area contributed by atoms with Gasteiger partial charge in [0.05, 0.1) is 16.7 Å². The van der Waals surface area contributed by atoms with Crippen LogP contribution in [0.1, 0.15) is 54.5 Å². The minimum Gasteiger partial charge on any atom is -0.387 e. The standard InChI is InChI=1S/C15H20N2OS/c1-4-13-15(19-17-16-13)14(18)9-11-5-7-12(8-6-11)10(2)3/h5-8,10,14,18H,4,9H2,1-3H3. The number of hydrogen-bond acceptors (Lipinski definition) is 4. The maximum Gasteiger partial charge on any atom is 0.0957 e. The molecule has 0 saturated heterocycles. The van der Waals surface area contributed by atoms with Gasteiger partial charge in [0.25, 0.3) is 0 Å². The smallest absolute Gasteiger partial charge is 0.0957 e. The molecule has 0 radical (unpaired) electrons. The lowest BCUT2D eigenvalue weighted by atomic mass is 9.99. The van der Waals surface area contributed by atoms with Gasteiger partial charge in [0.1, 0.15) is 0 Å². The first-order valence-corrected chi connectivity index (χ1v) is 7.47. The molecule has 0 spiro atoms. The largest absolute Gasteiger partial charge is 0.387 e. The lowest BCUT2D eigenvalue weighted by molar-refractivity contribution is 0.181. The molecule has 1 heterocycles. The molecule has 102 valence electrons. The van der Waals surface area contributed by atoms with Crippen molar-refractivity contribution in [3.05, 3.63) is 46.0 Å². The Morgan fingerprint density at radius 3 is 2.47 bits per heavy atom. The molecule has 0 bridgehead atoms. The molecule has 1 aromatic heterocycles. The van der Waals surface area contributed by atoms with Gasteiger partial charge in [0.2, 0.25) is 0 Å². The van der Waals surface area contributed by atoms with Crippen LogP contribution in [0, 0.1) is 0 Å². The van der Waals surface area contributed by atoms with Gasteiger partial charge >= 0.3 is 0 Å². The molecule has 1 N–H and O–H groups in total. The van der Waals surface area contributed by atoms with Crippen molar-refractivity contribution < 1.29 is 5.11 Å². The van der Waals surface area contributed by atoms with E-state index in [0.29, 0.717) is 12.3 Å². The predicted octanol–water partition coefficient (Wildman–Crippen LogP) is 3.50. The van der Waals surface area contributed by atoms with Crippen molar-refractivity contribution in [1.82, 2.24) is 9.59 Å². The second-order valence-electron chi connectivity index (χ2n) is 5.05. The topological polar surface area (TPSA) is 46.0 Å². The van der Waals surface area contributed by atoms with E-state index in [1.54, 1.807) is 0 Å². The first-order valence-electron chi connectivity index (χ1n) is 6.69. The number of hydrogen-bond donors (Lipinski definition) is 1. The number of benzene rings is 1. The highest BCUT2D eigenvalue weighted by atomic mass is 32.1. The number of aliphatic hydroxyl groups excluding tert-OH is 1. The number of aryl methyl sites for hydroxylation is 1. The van der Waals surface area contributed by atoms with Crippen molar-refractivity contribution in [2.45, 2.75) is 45.6 Å². The van der Waals surface area contributed by atoms with Crippen molar-refractivity contribution in [2.24, 2.45) is 0 Å². The van der Waals surface area contributed by atoms with Gasteiger partial charge in [-0.3, -0.25) is 0 Å². The summed E-state index contributed by atoms with van der Waals surface area (Å²) in [4.78, 5) is 0.899. The van der Waals surface area contributed by atoms with Gasteiger partial charge in [-0.05, 0) is 35.0 Å². The summed E-state index contributed by atoms with van der Waals surface area (Å²) in [6.45, 7) is 6.39. The molecule has 0 fully saturated rings. The van der Waals surface area contributed by atoms with Crippen LogP contribution in [0.5, 0.6) is 0 Å². The quantitative estimate of drug-likeness (QED) is 0.909. The van der Waals surface area contributed by atoms with Crippen molar-refractivity contribution in [3.63, 3.8) is 0 Å². The van der Waals surface area contributed by atoms with E-state index in [1.807, 2.05) is 6.92 Å². The molecular formula is C15H20N2OS. The van der Waals surface area contributed by atoms with E-state index in [4.69, 9.17) is 0 Å². The third-order valence-electron chi connectivity index (χ3n) is 3.30. The second-order valence-corrected chi connectivity index (χ2v) is 5.84. The fraction of sp³-hybridized carbons (Fsp3) is 0.467. The summed E-state index contributed by atoms with van der Waals surface area (Å²) in [7, 11) is 0. The summed E-state index contributed by atoms with van der Waals surface area (Å²) < 4.78 is 3.92. The van der Waals surface area contributed by atoms with Gasteiger partial charge in [-0.1, -0.05) is 49.5 Å². The lowest BCUT2D eigenvalue weighted by Gasteiger charge is -2.11. The van der Waals surface area contributed by atoms with Crippen LogP contribution in [0.2, 0.25) is 0 Å². The zero-order valence-electron chi connectivity index (χ0n) is 11.6. The Labute approximate surface area is 118 Å². The molecule has 0 aliphatic heterocycles. The monoisotopic (exact) mass is 276 g/mol. The van der Waals surface area contributed by atoms with Crippen molar-refractivity contribution in [3.8, 4) is 0 Å². The number of aromatic nitrogens is 2. The zero-order chi connectivity index (χ0) is 13.8. The molecule has 1 unspecified atom stereocenters. The maximum absolute atomic E-state index is 10.3. The van der Waals surface area contributed by atoms with E-state index >= 15 is 0 Å². The zero-order valence-corrected chi connectivity index (χ0v) is 12.4. The van der Waals surface area contributed by atoms with Gasteiger partial charge in [-0.2, -0.15) is 0 Å². The highest BCUT2D eigenvalue weighted by Crippen LogP contribution is 2.25. The second kappa shape index (κ2) is 6.26. The summed E-state index contributed by atoms with van der Waals surface area (Å²) in [5.74, 6) is 0.538. The Morgan fingerprint density at radius 2 is 1.89 bits per heavy atom. The molecule has 0 aliphatic carbocycles. The van der Waals surface area contributed by atoms with Gasteiger partial charge in [0, 0.05) is 6.42 Å². The molecular weight excluding hydrogens is 256 g/mol. The van der Waals surface area contributed by atoms with Crippen molar-refractivity contribution >= 4 is 11.5 Å². The maximum atomic E-state index is 10.3. The van der Waals surface area contributed by atoms with Crippen LogP contribution in [-0.2, 0) is 12.8 Å². The number of aliphatic hydroxyl groups is 1. The van der Waals surface area contributed by atoms with E-state index in [0.717, 1.165) is 22.6 Å². The van der Waals surface area contributed by atoms with Crippen LogP contribution in [0.25, 0.3) is 0 Å². The average Bonchev–Trinajstić information content (AvgIpc) is 2.87. The third-order valence-corrected chi connectivity index (χ3v) is 4.17. The SMILES string of the molecule is CCc1nnsc1C(O)Cc1ccc(C(C)C)cc1. The molecule has 1 aromatic carbocycles. The summed E-state index contributed by atoms with van der Waals surface area (Å²) in [5, 5.41) is 14.3. The van der Waals surface area contributed by atoms with Gasteiger partial charge in [-0.15, -0.1) is 5.10 Å². The van der Waals surface area contributed by atoms with E-state index in [1.165, 1.54) is 17.1 Å². The van der Waals surface area contributed by atoms with Crippen LogP contribution < -0.4 is 0 Å². The Balaban J connectivity index is 2.08. The van der Waals surface area contributed by atoms with Gasteiger partial charge < -0.3 is 5.11 Å². The molecule has 3 nitrogen and oxygen atoms in total. The van der Waals surface area contributed by atoms with Gasteiger partial charge in [0.15, 0.2) is 0 Å². The number of rotatable bonds is 5. The fourth-order valence-corrected chi connectivity index (χ4v) is 2.79. The first kappa shape index (κ1) is 14.2. The van der Waals surface area contributed by atoms with Crippen LogP contribution in [0.15, 0.2) is 24.3 Å². The minimum atomic E-state index is -0.500. The van der Waals surface area contributed by atoms with Crippen molar-refractivity contribution in [1.29, 1.82) is 0 Å². The summed E-state index contributed by atoms with van der Waals surface area (Å²) in [6.07, 6.45) is 0.935. The van der Waals surface area contributed by atoms with Crippen LogP contribution >= 0.6 is 11.5 Å². The summed E-state index contributed by atoms with van der Waals surface area (Å²) >= 11 is 1.30. The molecule has 0 aliphatic rings.